The maximum absolute atomic E-state index is 9.24. The van der Waals surface area contributed by atoms with E-state index in [4.69, 9.17) is 0 Å². The number of benzene rings is 1. The van der Waals surface area contributed by atoms with E-state index >= 15 is 0 Å². The van der Waals surface area contributed by atoms with E-state index in [0.717, 1.165) is 16.9 Å². The standard InChI is InChI=1S/C18H19N5O/c1-13(12-24)20-18-22-16(14-7-9-19-10-8-14)11-17(23-18)21-15-5-3-2-4-6-15/h2-11,13,24H,12H2,1H3,(H2,20,21,22,23)/t13-/m1/s1. The second-order valence-corrected chi connectivity index (χ2v) is 5.42. The molecule has 0 radical (unpaired) electrons. The number of rotatable bonds is 6. The minimum atomic E-state index is -0.137. The number of nitrogens with zero attached hydrogens (tertiary/aromatic N) is 3. The van der Waals surface area contributed by atoms with Crippen LogP contribution in [-0.4, -0.2) is 32.7 Å². The van der Waals surface area contributed by atoms with E-state index in [2.05, 4.69) is 25.6 Å². The molecule has 3 rings (SSSR count). The van der Waals surface area contributed by atoms with E-state index in [1.54, 1.807) is 12.4 Å². The SMILES string of the molecule is C[C@H](CO)Nc1nc(Nc2ccccc2)cc(-c2ccncc2)n1. The largest absolute Gasteiger partial charge is 0.394 e. The molecule has 0 spiro atoms. The molecule has 0 unspecified atom stereocenters. The Bertz CT molecular complexity index is 780. The average molecular weight is 321 g/mol. The number of anilines is 3. The third-order valence-electron chi connectivity index (χ3n) is 3.40. The number of aliphatic hydroxyl groups is 1. The second-order valence-electron chi connectivity index (χ2n) is 5.42. The summed E-state index contributed by atoms with van der Waals surface area (Å²) in [5.41, 5.74) is 2.67. The molecule has 0 aliphatic rings. The van der Waals surface area contributed by atoms with Crippen molar-refractivity contribution in [3.05, 3.63) is 60.9 Å². The van der Waals surface area contributed by atoms with Crippen LogP contribution in [0.5, 0.6) is 0 Å². The van der Waals surface area contributed by atoms with Crippen molar-refractivity contribution in [3.63, 3.8) is 0 Å². The Morgan fingerprint density at radius 3 is 2.50 bits per heavy atom. The van der Waals surface area contributed by atoms with Crippen molar-refractivity contribution >= 4 is 17.5 Å². The maximum Gasteiger partial charge on any atom is 0.225 e. The highest BCUT2D eigenvalue weighted by atomic mass is 16.3. The van der Waals surface area contributed by atoms with Crippen LogP contribution >= 0.6 is 0 Å². The second kappa shape index (κ2) is 7.52. The first kappa shape index (κ1) is 15.9. The quantitative estimate of drug-likeness (QED) is 0.647. The highest BCUT2D eigenvalue weighted by Crippen LogP contribution is 2.23. The third-order valence-corrected chi connectivity index (χ3v) is 3.40. The van der Waals surface area contributed by atoms with Gasteiger partial charge in [0.05, 0.1) is 12.3 Å². The van der Waals surface area contributed by atoms with Gasteiger partial charge >= 0.3 is 0 Å². The lowest BCUT2D eigenvalue weighted by molar-refractivity contribution is 0.281. The number of nitrogens with one attached hydrogen (secondary N) is 2. The van der Waals surface area contributed by atoms with E-state index in [0.29, 0.717) is 11.8 Å². The van der Waals surface area contributed by atoms with Gasteiger partial charge in [0.15, 0.2) is 0 Å². The summed E-state index contributed by atoms with van der Waals surface area (Å²) in [5, 5.41) is 15.6. The van der Waals surface area contributed by atoms with Gasteiger partial charge in [-0.25, -0.2) is 4.98 Å². The Labute approximate surface area is 140 Å². The first-order chi connectivity index (χ1) is 11.7. The van der Waals surface area contributed by atoms with Gasteiger partial charge in [0.2, 0.25) is 5.95 Å². The van der Waals surface area contributed by atoms with E-state index < -0.39 is 0 Å². The summed E-state index contributed by atoms with van der Waals surface area (Å²) in [7, 11) is 0. The smallest absolute Gasteiger partial charge is 0.225 e. The van der Waals surface area contributed by atoms with E-state index in [1.807, 2.05) is 55.5 Å². The molecule has 0 fully saturated rings. The molecule has 0 aliphatic heterocycles. The Morgan fingerprint density at radius 1 is 1.04 bits per heavy atom. The van der Waals surface area contributed by atoms with Crippen LogP contribution in [0.2, 0.25) is 0 Å². The molecule has 3 aromatic rings. The van der Waals surface area contributed by atoms with E-state index in [1.165, 1.54) is 0 Å². The molecular formula is C18H19N5O. The van der Waals surface area contributed by atoms with Crippen LogP contribution in [0.25, 0.3) is 11.3 Å². The maximum atomic E-state index is 9.24. The van der Waals surface area contributed by atoms with Crippen molar-refractivity contribution in [2.45, 2.75) is 13.0 Å². The summed E-state index contributed by atoms with van der Waals surface area (Å²) >= 11 is 0. The van der Waals surface area contributed by atoms with Crippen LogP contribution in [0.3, 0.4) is 0 Å². The monoisotopic (exact) mass is 321 g/mol. The van der Waals surface area contributed by atoms with Crippen molar-refractivity contribution in [3.8, 4) is 11.3 Å². The predicted molar refractivity (Wildman–Crippen MR) is 95.2 cm³/mol. The van der Waals surface area contributed by atoms with Gasteiger partial charge < -0.3 is 15.7 Å². The Hall–Kier alpha value is -2.99. The molecule has 24 heavy (non-hydrogen) atoms. The molecule has 122 valence electrons. The molecule has 0 aliphatic carbocycles. The molecule has 0 bridgehead atoms. The van der Waals surface area contributed by atoms with Crippen LogP contribution in [0.4, 0.5) is 17.5 Å². The summed E-state index contributed by atoms with van der Waals surface area (Å²) < 4.78 is 0. The van der Waals surface area contributed by atoms with Gasteiger partial charge in [-0.15, -0.1) is 0 Å². The molecule has 6 heteroatoms. The van der Waals surface area contributed by atoms with Gasteiger partial charge in [0.25, 0.3) is 0 Å². The highest BCUT2D eigenvalue weighted by molar-refractivity contribution is 5.67. The van der Waals surface area contributed by atoms with Crippen LogP contribution in [-0.2, 0) is 0 Å². The molecule has 6 nitrogen and oxygen atoms in total. The molecule has 3 N–H and O–H groups in total. The zero-order valence-corrected chi connectivity index (χ0v) is 13.3. The minimum Gasteiger partial charge on any atom is -0.394 e. The third kappa shape index (κ3) is 4.05. The van der Waals surface area contributed by atoms with Gasteiger partial charge in [-0.2, -0.15) is 4.98 Å². The Balaban J connectivity index is 1.96. The molecule has 0 saturated carbocycles. The van der Waals surface area contributed by atoms with Gasteiger partial charge in [0.1, 0.15) is 5.82 Å². The summed E-state index contributed by atoms with van der Waals surface area (Å²) in [5.74, 6) is 1.14. The first-order valence-corrected chi connectivity index (χ1v) is 7.73. The van der Waals surface area contributed by atoms with Crippen LogP contribution in [0.1, 0.15) is 6.92 Å². The van der Waals surface area contributed by atoms with Crippen LogP contribution < -0.4 is 10.6 Å². The number of aliphatic hydroxyl groups excluding tert-OH is 1. The van der Waals surface area contributed by atoms with Gasteiger partial charge in [-0.3, -0.25) is 4.98 Å². The number of para-hydroxylation sites is 1. The number of hydrogen-bond acceptors (Lipinski definition) is 6. The zero-order chi connectivity index (χ0) is 16.8. The van der Waals surface area contributed by atoms with Gasteiger partial charge in [-0.1, -0.05) is 18.2 Å². The Kier molecular flexibility index (Phi) is 4.98. The van der Waals surface area contributed by atoms with Crippen molar-refractivity contribution < 1.29 is 5.11 Å². The van der Waals surface area contributed by atoms with Crippen LogP contribution in [0.15, 0.2) is 60.9 Å². The number of hydrogen-bond donors (Lipinski definition) is 3. The minimum absolute atomic E-state index is 0.00426. The van der Waals surface area contributed by atoms with E-state index in [-0.39, 0.29) is 12.6 Å². The fraction of sp³-hybridized carbons (Fsp3) is 0.167. The number of pyridine rings is 1. The van der Waals surface area contributed by atoms with E-state index in [9.17, 15) is 5.11 Å². The summed E-state index contributed by atoms with van der Waals surface area (Å²) in [4.78, 5) is 13.1. The molecule has 1 aromatic carbocycles. The lowest BCUT2D eigenvalue weighted by atomic mass is 10.2. The normalized spacial score (nSPS) is 11.8. The lowest BCUT2D eigenvalue weighted by Gasteiger charge is -2.14. The van der Waals surface area contributed by atoms with Crippen molar-refractivity contribution in [2.75, 3.05) is 17.2 Å². The predicted octanol–water partition coefficient (Wildman–Crippen LogP) is 3.07. The first-order valence-electron chi connectivity index (χ1n) is 7.73. The molecular weight excluding hydrogens is 302 g/mol. The van der Waals surface area contributed by atoms with Crippen molar-refractivity contribution in [1.82, 2.24) is 15.0 Å². The fourth-order valence-electron chi connectivity index (χ4n) is 2.18. The highest BCUT2D eigenvalue weighted by Gasteiger charge is 2.09. The lowest BCUT2D eigenvalue weighted by Crippen LogP contribution is -2.21. The topological polar surface area (TPSA) is 83.0 Å². The summed E-state index contributed by atoms with van der Waals surface area (Å²) in [6, 6.07) is 15.4. The molecule has 2 heterocycles. The molecule has 0 amide bonds. The Morgan fingerprint density at radius 2 is 1.79 bits per heavy atom. The van der Waals surface area contributed by atoms with Crippen molar-refractivity contribution in [2.24, 2.45) is 0 Å². The zero-order valence-electron chi connectivity index (χ0n) is 13.3. The molecule has 2 aromatic heterocycles. The van der Waals surface area contributed by atoms with Gasteiger partial charge in [0, 0.05) is 35.8 Å². The summed E-state index contributed by atoms with van der Waals surface area (Å²) in [6.07, 6.45) is 3.45. The van der Waals surface area contributed by atoms with Crippen molar-refractivity contribution in [1.29, 1.82) is 0 Å². The average Bonchev–Trinajstić information content (AvgIpc) is 2.63. The summed E-state index contributed by atoms with van der Waals surface area (Å²) in [6.45, 7) is 1.87. The van der Waals surface area contributed by atoms with Gasteiger partial charge in [-0.05, 0) is 31.2 Å². The molecule has 1 atom stereocenters. The van der Waals surface area contributed by atoms with Crippen LogP contribution in [0, 0.1) is 0 Å². The fourth-order valence-corrected chi connectivity index (χ4v) is 2.18. The molecule has 0 saturated heterocycles. The number of aromatic nitrogens is 3.